The van der Waals surface area contributed by atoms with Gasteiger partial charge in [-0.3, -0.25) is 19.2 Å². The van der Waals surface area contributed by atoms with Gasteiger partial charge in [0.05, 0.1) is 61.8 Å². The summed E-state index contributed by atoms with van der Waals surface area (Å²) < 4.78 is 31.6. The van der Waals surface area contributed by atoms with Gasteiger partial charge in [-0.15, -0.1) is 0 Å². The molecule has 0 aliphatic carbocycles. The van der Waals surface area contributed by atoms with E-state index in [0.29, 0.717) is 22.5 Å². The summed E-state index contributed by atoms with van der Waals surface area (Å²) in [5.74, 6) is -3.11. The number of guanidine groups is 2. The summed E-state index contributed by atoms with van der Waals surface area (Å²) in [4.78, 5) is 81.1. The molecule has 4 aromatic carbocycles. The van der Waals surface area contributed by atoms with Crippen LogP contribution in [0.3, 0.4) is 0 Å². The van der Waals surface area contributed by atoms with E-state index in [0.717, 1.165) is 0 Å². The molecule has 4 aromatic rings. The average molecular weight is 855 g/mol. The molecule has 0 saturated heterocycles. The number of hydrogen-bond donors (Lipinski definition) is 6. The van der Waals surface area contributed by atoms with Gasteiger partial charge in [0.25, 0.3) is 11.8 Å². The maximum absolute atomic E-state index is 12.4. The minimum Gasteiger partial charge on any atom is -0.455 e. The number of rotatable bonds is 23. The van der Waals surface area contributed by atoms with Crippen molar-refractivity contribution in [2.75, 3.05) is 52.7 Å². The molecule has 0 aliphatic heterocycles. The molecule has 0 unspecified atom stereocenters. The second kappa shape index (κ2) is 24.9. The van der Waals surface area contributed by atoms with E-state index in [2.05, 4.69) is 20.6 Å². The molecule has 0 bridgehead atoms. The van der Waals surface area contributed by atoms with Crippen LogP contribution in [0.15, 0.2) is 107 Å². The van der Waals surface area contributed by atoms with E-state index in [9.17, 15) is 28.8 Å². The summed E-state index contributed by atoms with van der Waals surface area (Å²) in [6.07, 6.45) is -0.200. The van der Waals surface area contributed by atoms with Crippen LogP contribution in [0, 0.1) is 0 Å². The molecule has 0 saturated carbocycles. The van der Waals surface area contributed by atoms with Gasteiger partial charge >= 0.3 is 23.9 Å². The van der Waals surface area contributed by atoms with Crippen molar-refractivity contribution in [2.24, 2.45) is 32.9 Å². The number of carbonyl (C=O) groups is 6. The van der Waals surface area contributed by atoms with E-state index in [4.69, 9.17) is 51.4 Å². The van der Waals surface area contributed by atoms with Gasteiger partial charge in [0.1, 0.15) is 11.5 Å². The molecule has 0 heterocycles. The first-order valence-electron chi connectivity index (χ1n) is 18.8. The van der Waals surface area contributed by atoms with E-state index in [-0.39, 0.29) is 86.9 Å². The predicted molar refractivity (Wildman–Crippen MR) is 224 cm³/mol. The number of benzene rings is 4. The third kappa shape index (κ3) is 18.0. The molecule has 0 aliphatic rings. The molecular weight excluding hydrogens is 809 g/mol. The Morgan fingerprint density at radius 3 is 1.16 bits per heavy atom. The Morgan fingerprint density at radius 2 is 0.823 bits per heavy atom. The number of aliphatic imine (C=N–C) groups is 2. The molecule has 0 spiro atoms. The highest BCUT2D eigenvalue weighted by atomic mass is 16.6. The number of amides is 2. The Balaban J connectivity index is 0.960. The summed E-state index contributed by atoms with van der Waals surface area (Å²) >= 11 is 0. The van der Waals surface area contributed by atoms with Crippen molar-refractivity contribution >= 4 is 59.0 Å². The molecule has 20 heteroatoms. The van der Waals surface area contributed by atoms with Crippen molar-refractivity contribution in [3.63, 3.8) is 0 Å². The maximum atomic E-state index is 12.4. The van der Waals surface area contributed by atoms with Gasteiger partial charge in [-0.1, -0.05) is 24.3 Å². The smallest absolute Gasteiger partial charge is 0.343 e. The second-order valence-electron chi connectivity index (χ2n) is 12.8. The maximum Gasteiger partial charge on any atom is 0.343 e. The summed E-state index contributed by atoms with van der Waals surface area (Å²) in [6, 6.07) is 24.9. The monoisotopic (exact) mass is 854 g/mol. The van der Waals surface area contributed by atoms with Crippen molar-refractivity contribution in [1.29, 1.82) is 0 Å². The number of hydrogen-bond acceptors (Lipinski definition) is 14. The summed E-state index contributed by atoms with van der Waals surface area (Å²) in [7, 11) is 0. The lowest BCUT2D eigenvalue weighted by molar-refractivity contribution is -0.148. The van der Waals surface area contributed by atoms with Crippen LogP contribution in [0.5, 0.6) is 11.5 Å². The first-order chi connectivity index (χ1) is 29.8. The van der Waals surface area contributed by atoms with Gasteiger partial charge in [-0.25, -0.2) is 19.6 Å². The molecule has 326 valence electrons. The summed E-state index contributed by atoms with van der Waals surface area (Å²) in [6.45, 7) is 0.214. The lowest BCUT2D eigenvalue weighted by atomic mass is 10.1. The first-order valence-corrected chi connectivity index (χ1v) is 18.8. The van der Waals surface area contributed by atoms with Crippen LogP contribution in [-0.4, -0.2) is 100 Å². The van der Waals surface area contributed by atoms with Gasteiger partial charge in [0.2, 0.25) is 0 Å². The van der Waals surface area contributed by atoms with E-state index in [1.165, 1.54) is 48.5 Å². The Kier molecular flexibility index (Phi) is 18.8. The van der Waals surface area contributed by atoms with Crippen LogP contribution >= 0.6 is 0 Å². The minimum atomic E-state index is -0.621. The fraction of sp³-hybridized carbons (Fsp3) is 0.238. The van der Waals surface area contributed by atoms with Crippen LogP contribution in [0.2, 0.25) is 0 Å². The van der Waals surface area contributed by atoms with Gasteiger partial charge in [0, 0.05) is 13.1 Å². The first kappa shape index (κ1) is 46.8. The number of nitrogens with one attached hydrogen (secondary N) is 2. The number of nitrogens with zero attached hydrogens (tertiary/aromatic N) is 2. The molecule has 4 rings (SSSR count). The molecule has 0 aromatic heterocycles. The Labute approximate surface area is 355 Å². The standard InChI is InChI=1S/C42H46N8O12/c43-41(44)49-31-9-5-29(6-10-31)39(55)61-33-13-1-27(2-14-33)23-37(53)59-25-35(51)47-17-19-57-21-22-58-20-18-48-36(52)26-60-38(54)24-28-3-15-34(16-4-28)62-40(56)30-7-11-32(12-8-30)50-42(45)46/h1-16H,17-26H2,(H,47,51)(H,48,52)(H4,43,44,49)(H4,45,46,50). The topological polar surface area (TPSA) is 311 Å². The molecule has 2 amide bonds. The SMILES string of the molecule is NC(N)=Nc1ccc(C(=O)Oc2ccc(CC(=O)OCC(=O)NCCOCCOCCNC(=O)COC(=O)Cc3ccc(OC(=O)c4ccc(N=C(N)N)cc4)cc3)cc2)cc1. The Bertz CT molecular complexity index is 2030. The molecule has 20 nitrogen and oxygen atoms in total. The number of carbonyl (C=O) groups excluding carboxylic acids is 6. The van der Waals surface area contributed by atoms with Crippen molar-refractivity contribution in [3.05, 3.63) is 119 Å². The predicted octanol–water partition coefficient (Wildman–Crippen LogP) is 1.07. The fourth-order valence-corrected chi connectivity index (χ4v) is 5.00. The van der Waals surface area contributed by atoms with E-state index in [1.807, 2.05) is 0 Å². The summed E-state index contributed by atoms with van der Waals surface area (Å²) in [5.41, 5.74) is 24.1. The lowest BCUT2D eigenvalue weighted by Crippen LogP contribution is -2.32. The molecule has 0 atom stereocenters. The average Bonchev–Trinajstić information content (AvgIpc) is 3.24. The fourth-order valence-electron chi connectivity index (χ4n) is 5.00. The number of ether oxygens (including phenoxy) is 6. The third-order valence-corrected chi connectivity index (χ3v) is 7.92. The van der Waals surface area contributed by atoms with Crippen molar-refractivity contribution in [2.45, 2.75) is 12.8 Å². The van der Waals surface area contributed by atoms with Crippen LogP contribution in [0.1, 0.15) is 31.8 Å². The normalized spacial score (nSPS) is 10.4. The van der Waals surface area contributed by atoms with Gasteiger partial charge < -0.3 is 62.0 Å². The van der Waals surface area contributed by atoms with Crippen LogP contribution in [-0.2, 0) is 51.0 Å². The van der Waals surface area contributed by atoms with Crippen molar-refractivity contribution < 1.29 is 57.2 Å². The van der Waals surface area contributed by atoms with E-state index >= 15 is 0 Å². The van der Waals surface area contributed by atoms with Crippen LogP contribution < -0.4 is 43.0 Å². The lowest BCUT2D eigenvalue weighted by Gasteiger charge is -2.09. The highest BCUT2D eigenvalue weighted by Crippen LogP contribution is 2.19. The van der Waals surface area contributed by atoms with E-state index < -0.39 is 48.9 Å². The highest BCUT2D eigenvalue weighted by Gasteiger charge is 2.13. The molecule has 62 heavy (non-hydrogen) atoms. The van der Waals surface area contributed by atoms with Crippen molar-refractivity contribution in [3.8, 4) is 11.5 Å². The minimum absolute atomic E-state index is 0.100. The zero-order chi connectivity index (χ0) is 44.7. The second-order valence-corrected chi connectivity index (χ2v) is 12.8. The number of esters is 4. The largest absolute Gasteiger partial charge is 0.455 e. The van der Waals surface area contributed by atoms with E-state index in [1.54, 1.807) is 48.5 Å². The number of nitrogens with two attached hydrogens (primary N) is 4. The Hall–Kier alpha value is -7.84. The zero-order valence-electron chi connectivity index (χ0n) is 33.4. The quantitative estimate of drug-likeness (QED) is 0.0200. The molecule has 0 radical (unpaired) electrons. The van der Waals surface area contributed by atoms with Crippen LogP contribution in [0.25, 0.3) is 0 Å². The molecule has 10 N–H and O–H groups in total. The molecular formula is C42H46N8O12. The summed E-state index contributed by atoms with van der Waals surface area (Å²) in [5, 5.41) is 5.14. The van der Waals surface area contributed by atoms with Gasteiger partial charge in [-0.05, 0) is 83.9 Å². The van der Waals surface area contributed by atoms with Crippen LogP contribution in [0.4, 0.5) is 11.4 Å². The zero-order valence-corrected chi connectivity index (χ0v) is 33.4. The van der Waals surface area contributed by atoms with Crippen molar-refractivity contribution in [1.82, 2.24) is 10.6 Å². The Morgan fingerprint density at radius 1 is 0.468 bits per heavy atom. The van der Waals surface area contributed by atoms with Gasteiger partial charge in [-0.2, -0.15) is 0 Å². The van der Waals surface area contributed by atoms with Gasteiger partial charge in [0.15, 0.2) is 25.1 Å². The molecule has 0 fully saturated rings. The highest BCUT2D eigenvalue weighted by molar-refractivity contribution is 5.92. The third-order valence-electron chi connectivity index (χ3n) is 7.92.